The highest BCUT2D eigenvalue weighted by Gasteiger charge is 2.09. The standard InChI is InChI=1S/C12H17Cl2N3O/c1-7(2)11(15)6-16-12(18)17-8-3-4-9(13)10(14)5-8/h3-5,7,11H,6,15H2,1-2H3,(H2,16,17,18). The molecule has 4 nitrogen and oxygen atoms in total. The van der Waals surface area contributed by atoms with Gasteiger partial charge in [0.25, 0.3) is 0 Å². The quantitative estimate of drug-likeness (QED) is 0.797. The average molecular weight is 290 g/mol. The molecule has 0 spiro atoms. The number of nitrogens with two attached hydrogens (primary N) is 1. The second kappa shape index (κ2) is 6.83. The molecule has 0 bridgehead atoms. The lowest BCUT2D eigenvalue weighted by molar-refractivity contribution is 0.250. The Morgan fingerprint density at radius 3 is 2.56 bits per heavy atom. The molecule has 0 radical (unpaired) electrons. The predicted octanol–water partition coefficient (Wildman–Crippen LogP) is 3.10. The molecule has 1 rings (SSSR count). The van der Waals surface area contributed by atoms with Crippen molar-refractivity contribution in [2.75, 3.05) is 11.9 Å². The highest BCUT2D eigenvalue weighted by atomic mass is 35.5. The lowest BCUT2D eigenvalue weighted by Crippen LogP contribution is -2.42. The summed E-state index contributed by atoms with van der Waals surface area (Å²) in [6.45, 7) is 4.43. The molecule has 0 saturated carbocycles. The monoisotopic (exact) mass is 289 g/mol. The molecular formula is C12H17Cl2N3O. The van der Waals surface area contributed by atoms with E-state index in [0.717, 1.165) is 0 Å². The number of amides is 2. The van der Waals surface area contributed by atoms with E-state index in [1.54, 1.807) is 18.2 Å². The molecule has 1 unspecified atom stereocenters. The minimum absolute atomic E-state index is 0.0652. The maximum atomic E-state index is 11.6. The molecule has 18 heavy (non-hydrogen) atoms. The van der Waals surface area contributed by atoms with Gasteiger partial charge in [0.05, 0.1) is 10.0 Å². The summed E-state index contributed by atoms with van der Waals surface area (Å²) in [5, 5.41) is 6.20. The zero-order chi connectivity index (χ0) is 13.7. The van der Waals surface area contributed by atoms with Crippen molar-refractivity contribution in [1.82, 2.24) is 5.32 Å². The Hall–Kier alpha value is -0.970. The molecule has 6 heteroatoms. The molecule has 0 aliphatic rings. The number of carbonyl (C=O) groups is 1. The van der Waals surface area contributed by atoms with Crippen LogP contribution in [0.2, 0.25) is 10.0 Å². The summed E-state index contributed by atoms with van der Waals surface area (Å²) in [4.78, 5) is 11.6. The summed E-state index contributed by atoms with van der Waals surface area (Å²) in [5.41, 5.74) is 6.40. The van der Waals surface area contributed by atoms with Gasteiger partial charge in [-0.25, -0.2) is 4.79 Å². The largest absolute Gasteiger partial charge is 0.336 e. The topological polar surface area (TPSA) is 67.1 Å². The Bertz CT molecular complexity index is 424. The first-order valence-corrected chi connectivity index (χ1v) is 6.41. The Morgan fingerprint density at radius 2 is 2.00 bits per heavy atom. The van der Waals surface area contributed by atoms with Crippen molar-refractivity contribution < 1.29 is 4.79 Å². The number of urea groups is 1. The van der Waals surface area contributed by atoms with Gasteiger partial charge in [-0.05, 0) is 24.1 Å². The molecule has 0 saturated heterocycles. The van der Waals surface area contributed by atoms with Gasteiger partial charge in [0.15, 0.2) is 0 Å². The number of hydrogen-bond acceptors (Lipinski definition) is 2. The first kappa shape index (κ1) is 15.1. The fourth-order valence-electron chi connectivity index (χ4n) is 1.20. The van der Waals surface area contributed by atoms with Gasteiger partial charge in [-0.3, -0.25) is 0 Å². The van der Waals surface area contributed by atoms with Gasteiger partial charge in [0.1, 0.15) is 0 Å². The Morgan fingerprint density at radius 1 is 1.33 bits per heavy atom. The zero-order valence-electron chi connectivity index (χ0n) is 10.3. The van der Waals surface area contributed by atoms with Gasteiger partial charge in [0, 0.05) is 18.3 Å². The minimum atomic E-state index is -0.315. The van der Waals surface area contributed by atoms with Crippen molar-refractivity contribution in [3.8, 4) is 0 Å². The van der Waals surface area contributed by atoms with Crippen LogP contribution in [0.5, 0.6) is 0 Å². The van der Waals surface area contributed by atoms with Gasteiger partial charge >= 0.3 is 6.03 Å². The molecular weight excluding hydrogens is 273 g/mol. The van der Waals surface area contributed by atoms with E-state index in [9.17, 15) is 4.79 Å². The number of carbonyl (C=O) groups excluding carboxylic acids is 1. The van der Waals surface area contributed by atoms with E-state index in [4.69, 9.17) is 28.9 Å². The Balaban J connectivity index is 2.47. The SMILES string of the molecule is CC(C)C(N)CNC(=O)Nc1ccc(Cl)c(Cl)c1. The molecule has 1 aromatic carbocycles. The number of benzene rings is 1. The van der Waals surface area contributed by atoms with Gasteiger partial charge in [-0.1, -0.05) is 37.0 Å². The fourth-order valence-corrected chi connectivity index (χ4v) is 1.49. The summed E-state index contributed by atoms with van der Waals surface area (Å²) >= 11 is 11.6. The van der Waals surface area contributed by atoms with Gasteiger partial charge in [-0.15, -0.1) is 0 Å². The van der Waals surface area contributed by atoms with Crippen molar-refractivity contribution in [1.29, 1.82) is 0 Å². The van der Waals surface area contributed by atoms with E-state index < -0.39 is 0 Å². The van der Waals surface area contributed by atoms with Crippen LogP contribution < -0.4 is 16.4 Å². The molecule has 0 aromatic heterocycles. The lowest BCUT2D eigenvalue weighted by atomic mass is 10.1. The number of halogens is 2. The Labute approximate surface area is 117 Å². The second-order valence-electron chi connectivity index (χ2n) is 4.37. The van der Waals surface area contributed by atoms with E-state index in [1.165, 1.54) is 0 Å². The van der Waals surface area contributed by atoms with E-state index in [0.29, 0.717) is 28.2 Å². The summed E-state index contributed by atoms with van der Waals surface area (Å²) in [6.07, 6.45) is 0. The van der Waals surface area contributed by atoms with Crippen LogP contribution in [0, 0.1) is 5.92 Å². The number of nitrogens with one attached hydrogen (secondary N) is 2. The van der Waals surface area contributed by atoms with Crippen molar-refractivity contribution in [2.45, 2.75) is 19.9 Å². The molecule has 0 fully saturated rings. The van der Waals surface area contributed by atoms with Crippen LogP contribution in [0.4, 0.5) is 10.5 Å². The summed E-state index contributed by atoms with van der Waals surface area (Å²) in [6, 6.07) is 4.51. The lowest BCUT2D eigenvalue weighted by Gasteiger charge is -2.16. The van der Waals surface area contributed by atoms with Crippen LogP contribution in [0.3, 0.4) is 0 Å². The van der Waals surface area contributed by atoms with Crippen LogP contribution in [0.15, 0.2) is 18.2 Å². The summed E-state index contributed by atoms with van der Waals surface area (Å²) in [7, 11) is 0. The maximum Gasteiger partial charge on any atom is 0.319 e. The van der Waals surface area contributed by atoms with E-state index in [2.05, 4.69) is 10.6 Å². The summed E-state index contributed by atoms with van der Waals surface area (Å²) < 4.78 is 0. The van der Waals surface area contributed by atoms with Crippen molar-refractivity contribution >= 4 is 34.9 Å². The predicted molar refractivity (Wildman–Crippen MR) is 76.3 cm³/mol. The van der Waals surface area contributed by atoms with E-state index in [1.807, 2.05) is 13.8 Å². The second-order valence-corrected chi connectivity index (χ2v) is 5.19. The molecule has 1 aromatic rings. The highest BCUT2D eigenvalue weighted by molar-refractivity contribution is 6.42. The molecule has 4 N–H and O–H groups in total. The van der Waals surface area contributed by atoms with Crippen LogP contribution in [0.25, 0.3) is 0 Å². The molecule has 100 valence electrons. The molecule has 1 atom stereocenters. The smallest absolute Gasteiger partial charge is 0.319 e. The molecule has 0 aliphatic heterocycles. The van der Waals surface area contributed by atoms with Crippen molar-refractivity contribution in [2.24, 2.45) is 11.7 Å². The van der Waals surface area contributed by atoms with Crippen molar-refractivity contribution in [3.05, 3.63) is 28.2 Å². The highest BCUT2D eigenvalue weighted by Crippen LogP contribution is 2.24. The molecule has 0 heterocycles. The van der Waals surface area contributed by atoms with Crippen LogP contribution >= 0.6 is 23.2 Å². The van der Waals surface area contributed by atoms with Crippen LogP contribution in [-0.4, -0.2) is 18.6 Å². The maximum absolute atomic E-state index is 11.6. The summed E-state index contributed by atoms with van der Waals surface area (Å²) in [5.74, 6) is 0.315. The first-order chi connectivity index (χ1) is 8.40. The third-order valence-corrected chi connectivity index (χ3v) is 3.27. The van der Waals surface area contributed by atoms with Crippen molar-refractivity contribution in [3.63, 3.8) is 0 Å². The van der Waals surface area contributed by atoms with Gasteiger partial charge < -0.3 is 16.4 Å². The number of rotatable bonds is 4. The minimum Gasteiger partial charge on any atom is -0.336 e. The third kappa shape index (κ3) is 4.72. The first-order valence-electron chi connectivity index (χ1n) is 5.65. The number of hydrogen-bond donors (Lipinski definition) is 3. The molecule has 2 amide bonds. The van der Waals surface area contributed by atoms with E-state index in [-0.39, 0.29) is 12.1 Å². The van der Waals surface area contributed by atoms with Gasteiger partial charge in [-0.2, -0.15) is 0 Å². The van der Waals surface area contributed by atoms with E-state index >= 15 is 0 Å². The fraction of sp³-hybridized carbons (Fsp3) is 0.417. The third-order valence-electron chi connectivity index (χ3n) is 2.53. The van der Waals surface area contributed by atoms with Crippen LogP contribution in [-0.2, 0) is 0 Å². The Kier molecular flexibility index (Phi) is 5.72. The number of anilines is 1. The average Bonchev–Trinajstić information content (AvgIpc) is 2.30. The molecule has 0 aliphatic carbocycles. The normalized spacial score (nSPS) is 12.3. The van der Waals surface area contributed by atoms with Crippen LogP contribution in [0.1, 0.15) is 13.8 Å². The zero-order valence-corrected chi connectivity index (χ0v) is 11.8. The van der Waals surface area contributed by atoms with Gasteiger partial charge in [0.2, 0.25) is 0 Å².